The average Bonchev–Trinajstić information content (AvgIpc) is 3.05. The van der Waals surface area contributed by atoms with Gasteiger partial charge in [-0.05, 0) is 31.2 Å². The van der Waals surface area contributed by atoms with E-state index < -0.39 is 0 Å². The van der Waals surface area contributed by atoms with Crippen molar-refractivity contribution in [2.24, 2.45) is 0 Å². The molecule has 24 heavy (non-hydrogen) atoms. The number of benzene rings is 2. The lowest BCUT2D eigenvalue weighted by Crippen LogP contribution is -2.27. The largest absolute Gasteiger partial charge is 0.497 e. The molecule has 2 aromatic carbocycles. The van der Waals surface area contributed by atoms with Crippen LogP contribution >= 0.6 is 0 Å². The zero-order chi connectivity index (χ0) is 17.1. The summed E-state index contributed by atoms with van der Waals surface area (Å²) >= 11 is 0. The predicted octanol–water partition coefficient (Wildman–Crippen LogP) is 3.07. The van der Waals surface area contributed by atoms with Crippen LogP contribution in [0.4, 0.5) is 0 Å². The first-order valence-electron chi connectivity index (χ1n) is 7.59. The number of hydrogen-bond acceptors (Lipinski definition) is 4. The van der Waals surface area contributed by atoms with Crippen molar-refractivity contribution in [3.63, 3.8) is 0 Å². The maximum absolute atomic E-state index is 12.5. The molecule has 124 valence electrons. The number of nitrogens with one attached hydrogen (secondary N) is 2. The first kappa shape index (κ1) is 15.9. The number of imidazole rings is 1. The molecule has 1 amide bonds. The van der Waals surface area contributed by atoms with E-state index in [0.29, 0.717) is 22.9 Å². The van der Waals surface area contributed by atoms with Gasteiger partial charge in [0.1, 0.15) is 17.3 Å². The third-order valence-electron chi connectivity index (χ3n) is 3.78. The number of methoxy groups -OCH3 is 2. The fraction of sp³-hybridized carbons (Fsp3) is 0.222. The second-order valence-electron chi connectivity index (χ2n) is 5.44. The minimum atomic E-state index is -0.262. The molecule has 3 aromatic rings. The number of H-pyrrole nitrogens is 1. The van der Waals surface area contributed by atoms with Gasteiger partial charge in [-0.1, -0.05) is 12.1 Å². The summed E-state index contributed by atoms with van der Waals surface area (Å²) in [6, 6.07) is 12.5. The number of carbonyl (C=O) groups is 1. The van der Waals surface area contributed by atoms with Crippen molar-refractivity contribution in [1.82, 2.24) is 15.3 Å². The van der Waals surface area contributed by atoms with Crippen molar-refractivity contribution in [2.75, 3.05) is 14.2 Å². The van der Waals surface area contributed by atoms with Crippen LogP contribution in [-0.4, -0.2) is 30.1 Å². The van der Waals surface area contributed by atoms with Crippen LogP contribution in [0.15, 0.2) is 42.5 Å². The zero-order valence-electron chi connectivity index (χ0n) is 13.8. The molecule has 0 aliphatic carbocycles. The van der Waals surface area contributed by atoms with Crippen LogP contribution in [-0.2, 0) is 0 Å². The number of hydrogen-bond donors (Lipinski definition) is 2. The highest BCUT2D eigenvalue weighted by atomic mass is 16.5. The SMILES string of the molecule is COc1cc(OC)cc(C(=O)N[C@H](C)c2nc3ccccc3[nH]2)c1. The monoisotopic (exact) mass is 325 g/mol. The summed E-state index contributed by atoms with van der Waals surface area (Å²) < 4.78 is 10.4. The molecule has 1 heterocycles. The van der Waals surface area contributed by atoms with Gasteiger partial charge in [-0.3, -0.25) is 4.79 Å². The minimum absolute atomic E-state index is 0.222. The van der Waals surface area contributed by atoms with E-state index in [1.54, 1.807) is 32.4 Å². The highest BCUT2D eigenvalue weighted by molar-refractivity contribution is 5.95. The van der Waals surface area contributed by atoms with Gasteiger partial charge < -0.3 is 19.8 Å². The molecule has 6 nitrogen and oxygen atoms in total. The van der Waals surface area contributed by atoms with Crippen LogP contribution in [0, 0.1) is 0 Å². The molecule has 1 aromatic heterocycles. The number of nitrogens with zero attached hydrogens (tertiary/aromatic N) is 1. The molecule has 0 unspecified atom stereocenters. The Hall–Kier alpha value is -3.02. The van der Waals surface area contributed by atoms with Crippen LogP contribution in [0.3, 0.4) is 0 Å². The zero-order valence-corrected chi connectivity index (χ0v) is 13.8. The summed E-state index contributed by atoms with van der Waals surface area (Å²) in [4.78, 5) is 20.2. The Morgan fingerprint density at radius 2 is 1.79 bits per heavy atom. The van der Waals surface area contributed by atoms with E-state index in [1.165, 1.54) is 0 Å². The number of ether oxygens (including phenoxy) is 2. The van der Waals surface area contributed by atoms with E-state index in [1.807, 2.05) is 31.2 Å². The molecule has 2 N–H and O–H groups in total. The standard InChI is InChI=1S/C18H19N3O3/c1-11(17-20-15-6-4-5-7-16(15)21-17)19-18(22)12-8-13(23-2)10-14(9-12)24-3/h4-11H,1-3H3,(H,19,22)(H,20,21)/t11-/m1/s1. The summed E-state index contributed by atoms with van der Waals surface area (Å²) in [5, 5.41) is 2.93. The lowest BCUT2D eigenvalue weighted by atomic mass is 10.1. The molecule has 0 aliphatic rings. The van der Waals surface area contributed by atoms with Crippen LogP contribution in [0.1, 0.15) is 29.1 Å². The van der Waals surface area contributed by atoms with Gasteiger partial charge in [-0.25, -0.2) is 4.98 Å². The number of aromatic amines is 1. The van der Waals surface area contributed by atoms with Crippen LogP contribution in [0.5, 0.6) is 11.5 Å². The highest BCUT2D eigenvalue weighted by Crippen LogP contribution is 2.23. The fourth-order valence-electron chi connectivity index (χ4n) is 2.46. The second-order valence-corrected chi connectivity index (χ2v) is 5.44. The fourth-order valence-corrected chi connectivity index (χ4v) is 2.46. The van der Waals surface area contributed by atoms with Crippen LogP contribution in [0.25, 0.3) is 11.0 Å². The Morgan fingerprint density at radius 1 is 1.12 bits per heavy atom. The number of carbonyl (C=O) groups excluding carboxylic acids is 1. The van der Waals surface area contributed by atoms with E-state index in [0.717, 1.165) is 11.0 Å². The average molecular weight is 325 g/mol. The van der Waals surface area contributed by atoms with Crippen molar-refractivity contribution in [1.29, 1.82) is 0 Å². The third-order valence-corrected chi connectivity index (χ3v) is 3.78. The van der Waals surface area contributed by atoms with E-state index in [4.69, 9.17) is 9.47 Å². The van der Waals surface area contributed by atoms with Gasteiger partial charge in [-0.2, -0.15) is 0 Å². The van der Waals surface area contributed by atoms with Crippen LogP contribution in [0.2, 0.25) is 0 Å². The topological polar surface area (TPSA) is 76.2 Å². The van der Waals surface area contributed by atoms with Gasteiger partial charge in [0, 0.05) is 11.6 Å². The lowest BCUT2D eigenvalue weighted by Gasteiger charge is -2.13. The van der Waals surface area contributed by atoms with Gasteiger partial charge in [0.05, 0.1) is 31.3 Å². The molecule has 0 saturated heterocycles. The lowest BCUT2D eigenvalue weighted by molar-refractivity contribution is 0.0937. The third kappa shape index (κ3) is 3.17. The molecule has 0 saturated carbocycles. The maximum atomic E-state index is 12.5. The summed E-state index contributed by atoms with van der Waals surface area (Å²) in [5.41, 5.74) is 2.28. The van der Waals surface area contributed by atoms with E-state index in [-0.39, 0.29) is 11.9 Å². The van der Waals surface area contributed by atoms with Crippen molar-refractivity contribution in [3.05, 3.63) is 53.9 Å². The number of fused-ring (bicyclic) bond motifs is 1. The Kier molecular flexibility index (Phi) is 4.37. The Bertz CT molecular complexity index is 818. The van der Waals surface area contributed by atoms with Crippen molar-refractivity contribution >= 4 is 16.9 Å². The van der Waals surface area contributed by atoms with Gasteiger partial charge in [-0.15, -0.1) is 0 Å². The summed E-state index contributed by atoms with van der Waals surface area (Å²) in [6.45, 7) is 1.88. The van der Waals surface area contributed by atoms with Crippen molar-refractivity contribution < 1.29 is 14.3 Å². The Balaban J connectivity index is 1.80. The number of aromatic nitrogens is 2. The van der Waals surface area contributed by atoms with Gasteiger partial charge in [0.15, 0.2) is 0 Å². The quantitative estimate of drug-likeness (QED) is 0.756. The van der Waals surface area contributed by atoms with Gasteiger partial charge in [0.25, 0.3) is 5.91 Å². The molecule has 0 spiro atoms. The molecule has 0 aliphatic heterocycles. The predicted molar refractivity (Wildman–Crippen MR) is 91.5 cm³/mol. The van der Waals surface area contributed by atoms with E-state index >= 15 is 0 Å². The summed E-state index contributed by atoms with van der Waals surface area (Å²) in [6.07, 6.45) is 0. The van der Waals surface area contributed by atoms with E-state index in [2.05, 4.69) is 15.3 Å². The van der Waals surface area contributed by atoms with Gasteiger partial charge >= 0.3 is 0 Å². The molecular weight excluding hydrogens is 306 g/mol. The molecule has 1 atom stereocenters. The van der Waals surface area contributed by atoms with Crippen molar-refractivity contribution in [3.8, 4) is 11.5 Å². The molecule has 6 heteroatoms. The molecular formula is C18H19N3O3. The molecule has 0 fully saturated rings. The van der Waals surface area contributed by atoms with Crippen molar-refractivity contribution in [2.45, 2.75) is 13.0 Å². The normalized spacial score (nSPS) is 12.0. The highest BCUT2D eigenvalue weighted by Gasteiger charge is 2.16. The Morgan fingerprint density at radius 3 is 2.42 bits per heavy atom. The summed E-state index contributed by atoms with van der Waals surface area (Å²) in [5.74, 6) is 1.62. The number of rotatable bonds is 5. The van der Waals surface area contributed by atoms with Gasteiger partial charge in [0.2, 0.25) is 0 Å². The smallest absolute Gasteiger partial charge is 0.252 e. The molecule has 3 rings (SSSR count). The Labute approximate surface area is 139 Å². The summed E-state index contributed by atoms with van der Waals surface area (Å²) in [7, 11) is 3.10. The van der Waals surface area contributed by atoms with E-state index in [9.17, 15) is 4.79 Å². The number of amides is 1. The molecule has 0 radical (unpaired) electrons. The first-order valence-corrected chi connectivity index (χ1v) is 7.59. The number of para-hydroxylation sites is 2. The first-order chi connectivity index (χ1) is 11.6. The maximum Gasteiger partial charge on any atom is 0.252 e. The minimum Gasteiger partial charge on any atom is -0.497 e. The molecule has 0 bridgehead atoms. The second kappa shape index (κ2) is 6.62. The van der Waals surface area contributed by atoms with Crippen LogP contribution < -0.4 is 14.8 Å².